The molecule has 0 nitrogen and oxygen atoms in total. The Bertz CT molecular complexity index is 109. The van der Waals surface area contributed by atoms with Gasteiger partial charge in [0.1, 0.15) is 0 Å². The number of unbranched alkanes of at least 4 members (excludes halogenated alkanes) is 2. The zero-order chi connectivity index (χ0) is 9.78. The van der Waals surface area contributed by atoms with Gasteiger partial charge in [0.2, 0.25) is 0 Å². The van der Waals surface area contributed by atoms with Crippen molar-refractivity contribution >= 4 is 31.4 Å². The summed E-state index contributed by atoms with van der Waals surface area (Å²) in [5.41, 5.74) is 0. The van der Waals surface area contributed by atoms with E-state index >= 15 is 0 Å². The molecule has 0 saturated carbocycles. The first kappa shape index (κ1) is 13.5. The lowest BCUT2D eigenvalue weighted by Gasteiger charge is -1.98. The maximum absolute atomic E-state index is 3.70. The van der Waals surface area contributed by atoms with Gasteiger partial charge >= 0.3 is 0 Å². The van der Waals surface area contributed by atoms with Gasteiger partial charge in [-0.1, -0.05) is 33.7 Å². The Morgan fingerprint density at radius 3 is 1.69 bits per heavy atom. The van der Waals surface area contributed by atoms with Crippen LogP contribution in [0.4, 0.5) is 0 Å². The summed E-state index contributed by atoms with van der Waals surface area (Å²) in [4.78, 5) is 0. The van der Waals surface area contributed by atoms with Crippen molar-refractivity contribution in [3.8, 4) is 0 Å². The van der Waals surface area contributed by atoms with Crippen LogP contribution in [-0.2, 0) is 0 Å². The van der Waals surface area contributed by atoms with Crippen molar-refractivity contribution in [2.75, 3.05) is 11.5 Å². The van der Waals surface area contributed by atoms with Gasteiger partial charge in [0.15, 0.2) is 0 Å². The van der Waals surface area contributed by atoms with Gasteiger partial charge in [-0.15, -0.1) is 13.2 Å². The highest BCUT2D eigenvalue weighted by molar-refractivity contribution is 9.09. The van der Waals surface area contributed by atoms with Crippen LogP contribution in [0.2, 0.25) is 0 Å². The summed E-state index contributed by atoms with van der Waals surface area (Å²) in [6.07, 6.45) is 8.79. The molecule has 0 rings (SSSR count). The second-order valence-electron chi connectivity index (χ2n) is 2.57. The largest absolute Gasteiger partial charge is 0.103 e. The summed E-state index contributed by atoms with van der Waals surface area (Å²) in [5.74, 6) is 2.48. The summed E-state index contributed by atoms with van der Waals surface area (Å²) < 4.78 is 0. The maximum atomic E-state index is 3.70. The van der Waals surface area contributed by atoms with E-state index in [1.54, 1.807) is 0 Å². The highest BCUT2D eigenvalue weighted by Crippen LogP contribution is 2.35. The van der Waals surface area contributed by atoms with E-state index in [1.165, 1.54) is 24.3 Å². The first-order chi connectivity index (χ1) is 6.41. The predicted molar refractivity (Wildman–Crippen MR) is 71.4 cm³/mol. The zero-order valence-corrected chi connectivity index (χ0v) is 10.5. The van der Waals surface area contributed by atoms with Gasteiger partial charge in [-0.25, -0.2) is 0 Å². The topological polar surface area (TPSA) is 0 Å². The molecule has 0 bridgehead atoms. The second-order valence-corrected chi connectivity index (χ2v) is 7.04. The summed E-state index contributed by atoms with van der Waals surface area (Å²) in [5, 5.41) is 0. The molecule has 0 aromatic heterocycles. The fraction of sp³-hybridized carbons (Fsp3) is 0.600. The fourth-order valence-electron chi connectivity index (χ4n) is 0.675. The standard InChI is InChI=1S/C10H18S3/c1-3-5-7-9-11-13-12-10-8-6-4-2/h3-4H,1-2,5-10H2. The van der Waals surface area contributed by atoms with Gasteiger partial charge in [0.05, 0.1) is 0 Å². The van der Waals surface area contributed by atoms with E-state index in [1.807, 2.05) is 43.6 Å². The van der Waals surface area contributed by atoms with Crippen LogP contribution in [0.5, 0.6) is 0 Å². The highest BCUT2D eigenvalue weighted by atomic mass is 33.5. The minimum absolute atomic E-state index is 1.15. The Balaban J connectivity index is 2.83. The van der Waals surface area contributed by atoms with Crippen LogP contribution in [0.3, 0.4) is 0 Å². The van der Waals surface area contributed by atoms with Crippen LogP contribution in [0, 0.1) is 0 Å². The maximum Gasteiger partial charge on any atom is 0.00480 e. The van der Waals surface area contributed by atoms with Crippen molar-refractivity contribution in [3.63, 3.8) is 0 Å². The monoisotopic (exact) mass is 234 g/mol. The molecule has 0 aliphatic rings. The molecule has 0 amide bonds. The van der Waals surface area contributed by atoms with Gasteiger partial charge in [0.25, 0.3) is 0 Å². The third-order valence-corrected chi connectivity index (χ3v) is 5.78. The quantitative estimate of drug-likeness (QED) is 0.298. The number of hydrogen-bond donors (Lipinski definition) is 0. The Morgan fingerprint density at radius 2 is 1.31 bits per heavy atom. The van der Waals surface area contributed by atoms with E-state index < -0.39 is 0 Å². The average Bonchev–Trinajstić information content (AvgIpc) is 2.16. The molecule has 0 heterocycles. The molecule has 0 aromatic rings. The van der Waals surface area contributed by atoms with Crippen molar-refractivity contribution in [1.29, 1.82) is 0 Å². The van der Waals surface area contributed by atoms with Crippen molar-refractivity contribution in [1.82, 2.24) is 0 Å². The molecular formula is C10H18S3. The molecule has 0 aliphatic heterocycles. The fourth-order valence-corrected chi connectivity index (χ4v) is 4.61. The average molecular weight is 234 g/mol. The van der Waals surface area contributed by atoms with Gasteiger partial charge in [-0.2, -0.15) is 0 Å². The Hall–Kier alpha value is 0.530. The molecule has 0 unspecified atom stereocenters. The molecule has 0 fully saturated rings. The third kappa shape index (κ3) is 12.5. The van der Waals surface area contributed by atoms with Crippen LogP contribution in [0.15, 0.2) is 25.3 Å². The van der Waals surface area contributed by atoms with Crippen LogP contribution in [0.25, 0.3) is 0 Å². The minimum atomic E-state index is 1.15. The summed E-state index contributed by atoms with van der Waals surface area (Å²) >= 11 is 0. The van der Waals surface area contributed by atoms with Crippen molar-refractivity contribution in [3.05, 3.63) is 25.3 Å². The molecule has 3 heteroatoms. The van der Waals surface area contributed by atoms with Gasteiger partial charge in [0, 0.05) is 11.5 Å². The van der Waals surface area contributed by atoms with Crippen molar-refractivity contribution < 1.29 is 0 Å². The molecule has 0 atom stereocenters. The van der Waals surface area contributed by atoms with Crippen LogP contribution in [0.1, 0.15) is 25.7 Å². The van der Waals surface area contributed by atoms with Gasteiger partial charge < -0.3 is 0 Å². The van der Waals surface area contributed by atoms with Crippen molar-refractivity contribution in [2.45, 2.75) is 25.7 Å². The molecule has 76 valence electrons. The number of rotatable bonds is 10. The summed E-state index contributed by atoms with van der Waals surface area (Å²) in [6.45, 7) is 7.40. The molecule has 0 aromatic carbocycles. The molecule has 0 spiro atoms. The Kier molecular flexibility index (Phi) is 13.0. The SMILES string of the molecule is C=CCCCSSSCCCC=C. The lowest BCUT2D eigenvalue weighted by atomic mass is 10.3. The predicted octanol–water partition coefficient (Wildman–Crippen LogP) is 4.95. The molecule has 13 heavy (non-hydrogen) atoms. The second kappa shape index (κ2) is 12.5. The van der Waals surface area contributed by atoms with E-state index in [0.29, 0.717) is 0 Å². The molecule has 0 saturated heterocycles. The normalized spacial score (nSPS) is 9.85. The van der Waals surface area contributed by atoms with Crippen LogP contribution >= 0.6 is 31.4 Å². The Morgan fingerprint density at radius 1 is 0.846 bits per heavy atom. The van der Waals surface area contributed by atoms with E-state index in [0.717, 1.165) is 12.8 Å². The Labute approximate surface area is 93.8 Å². The van der Waals surface area contributed by atoms with E-state index in [4.69, 9.17) is 0 Å². The zero-order valence-electron chi connectivity index (χ0n) is 8.04. The van der Waals surface area contributed by atoms with Gasteiger partial charge in [-0.05, 0) is 35.5 Å². The molecule has 0 aliphatic carbocycles. The molecular weight excluding hydrogens is 216 g/mol. The lowest BCUT2D eigenvalue weighted by molar-refractivity contribution is 0.977. The van der Waals surface area contributed by atoms with E-state index in [-0.39, 0.29) is 0 Å². The van der Waals surface area contributed by atoms with Crippen LogP contribution in [-0.4, -0.2) is 11.5 Å². The number of hydrogen-bond acceptors (Lipinski definition) is 3. The first-order valence-corrected chi connectivity index (χ1v) is 8.37. The molecule has 0 N–H and O–H groups in total. The molecule has 0 radical (unpaired) electrons. The van der Waals surface area contributed by atoms with E-state index in [9.17, 15) is 0 Å². The summed E-state index contributed by atoms with van der Waals surface area (Å²) in [7, 11) is 5.83. The summed E-state index contributed by atoms with van der Waals surface area (Å²) in [6, 6.07) is 0. The lowest BCUT2D eigenvalue weighted by Crippen LogP contribution is -1.75. The first-order valence-electron chi connectivity index (χ1n) is 4.54. The van der Waals surface area contributed by atoms with Gasteiger partial charge in [-0.3, -0.25) is 0 Å². The number of allylic oxidation sites excluding steroid dienone is 2. The third-order valence-electron chi connectivity index (χ3n) is 1.37. The van der Waals surface area contributed by atoms with Crippen molar-refractivity contribution in [2.24, 2.45) is 0 Å². The van der Waals surface area contributed by atoms with E-state index in [2.05, 4.69) is 13.2 Å². The minimum Gasteiger partial charge on any atom is -0.103 e. The highest BCUT2D eigenvalue weighted by Gasteiger charge is 1.91. The van der Waals surface area contributed by atoms with Crippen LogP contribution < -0.4 is 0 Å². The smallest absolute Gasteiger partial charge is 0.00480 e.